The lowest BCUT2D eigenvalue weighted by atomic mass is 10.2. The standard InChI is InChI=1S/C13H12Cl2F3NO2/c14-10-2-1-3-11(15)9(10)4-5-12(21)19(6-7-20)8-13(16,17)18/h1-5,20H,6-8H2/b5-4+. The Morgan fingerprint density at radius 3 is 2.33 bits per heavy atom. The third kappa shape index (κ3) is 5.95. The molecule has 1 amide bonds. The molecule has 3 nitrogen and oxygen atoms in total. The van der Waals surface area contributed by atoms with Gasteiger partial charge >= 0.3 is 6.18 Å². The van der Waals surface area contributed by atoms with Gasteiger partial charge in [0, 0.05) is 28.2 Å². The van der Waals surface area contributed by atoms with Crippen molar-refractivity contribution in [2.75, 3.05) is 19.7 Å². The second kappa shape index (κ2) is 7.68. The third-order valence-electron chi connectivity index (χ3n) is 2.44. The van der Waals surface area contributed by atoms with E-state index in [2.05, 4.69) is 0 Å². The van der Waals surface area contributed by atoms with E-state index in [1.807, 2.05) is 0 Å². The van der Waals surface area contributed by atoms with Crippen molar-refractivity contribution in [3.63, 3.8) is 0 Å². The van der Waals surface area contributed by atoms with Crippen LogP contribution in [0, 0.1) is 0 Å². The van der Waals surface area contributed by atoms with E-state index in [0.717, 1.165) is 6.08 Å². The number of carbonyl (C=O) groups is 1. The number of hydrogen-bond acceptors (Lipinski definition) is 2. The summed E-state index contributed by atoms with van der Waals surface area (Å²) in [4.78, 5) is 12.2. The van der Waals surface area contributed by atoms with Crippen LogP contribution in [0.2, 0.25) is 10.0 Å². The molecule has 116 valence electrons. The predicted molar refractivity (Wildman–Crippen MR) is 75.2 cm³/mol. The average molecular weight is 342 g/mol. The molecule has 1 N–H and O–H groups in total. The van der Waals surface area contributed by atoms with Crippen LogP contribution in [0.4, 0.5) is 13.2 Å². The molecule has 21 heavy (non-hydrogen) atoms. The van der Waals surface area contributed by atoms with Crippen LogP contribution < -0.4 is 0 Å². The minimum absolute atomic E-state index is 0.274. The van der Waals surface area contributed by atoms with Crippen molar-refractivity contribution in [3.8, 4) is 0 Å². The maximum absolute atomic E-state index is 12.3. The highest BCUT2D eigenvalue weighted by atomic mass is 35.5. The number of aliphatic hydroxyl groups is 1. The first kappa shape index (κ1) is 17.8. The van der Waals surface area contributed by atoms with Gasteiger partial charge < -0.3 is 10.0 Å². The Bertz CT molecular complexity index is 512. The van der Waals surface area contributed by atoms with E-state index in [0.29, 0.717) is 10.5 Å². The summed E-state index contributed by atoms with van der Waals surface area (Å²) in [5, 5.41) is 9.28. The molecule has 0 aliphatic carbocycles. The van der Waals surface area contributed by atoms with Crippen molar-refractivity contribution in [1.82, 2.24) is 4.90 Å². The van der Waals surface area contributed by atoms with Crippen LogP contribution in [0.25, 0.3) is 6.08 Å². The van der Waals surface area contributed by atoms with Gasteiger partial charge in [-0.15, -0.1) is 0 Å². The highest BCUT2D eigenvalue weighted by molar-refractivity contribution is 6.37. The van der Waals surface area contributed by atoms with Gasteiger partial charge in [0.15, 0.2) is 0 Å². The summed E-state index contributed by atoms with van der Waals surface area (Å²) in [6.45, 7) is -2.42. The number of nitrogens with zero attached hydrogens (tertiary/aromatic N) is 1. The van der Waals surface area contributed by atoms with Crippen molar-refractivity contribution in [3.05, 3.63) is 39.9 Å². The van der Waals surface area contributed by atoms with Crippen molar-refractivity contribution in [2.45, 2.75) is 6.18 Å². The Morgan fingerprint density at radius 2 is 1.86 bits per heavy atom. The number of carbonyl (C=O) groups excluding carboxylic acids is 1. The van der Waals surface area contributed by atoms with E-state index in [1.165, 1.54) is 6.08 Å². The zero-order chi connectivity index (χ0) is 16.0. The minimum Gasteiger partial charge on any atom is -0.395 e. The summed E-state index contributed by atoms with van der Waals surface area (Å²) in [5.74, 6) is -0.891. The summed E-state index contributed by atoms with van der Waals surface area (Å²) in [5.41, 5.74) is 0.338. The fourth-order valence-corrected chi connectivity index (χ4v) is 2.06. The van der Waals surface area contributed by atoms with Gasteiger partial charge in [0.25, 0.3) is 0 Å². The normalized spacial score (nSPS) is 11.9. The summed E-state index contributed by atoms with van der Waals surface area (Å²) < 4.78 is 37.0. The average Bonchev–Trinajstić information content (AvgIpc) is 2.36. The molecule has 0 spiro atoms. The van der Waals surface area contributed by atoms with Crippen LogP contribution >= 0.6 is 23.2 Å². The second-order valence-corrected chi connectivity index (χ2v) is 4.88. The molecule has 1 aromatic carbocycles. The van der Waals surface area contributed by atoms with Gasteiger partial charge in [0.1, 0.15) is 6.54 Å². The van der Waals surface area contributed by atoms with Crippen LogP contribution in [0.3, 0.4) is 0 Å². The summed E-state index contributed by atoms with van der Waals surface area (Å²) >= 11 is 11.8. The molecule has 0 unspecified atom stereocenters. The minimum atomic E-state index is -4.54. The Labute approximate surface area is 129 Å². The van der Waals surface area contributed by atoms with Crippen molar-refractivity contribution in [1.29, 1.82) is 0 Å². The molecule has 8 heteroatoms. The fourth-order valence-electron chi connectivity index (χ4n) is 1.53. The fraction of sp³-hybridized carbons (Fsp3) is 0.308. The van der Waals surface area contributed by atoms with Gasteiger partial charge in [-0.25, -0.2) is 0 Å². The molecule has 0 saturated heterocycles. The Morgan fingerprint density at radius 1 is 1.29 bits per heavy atom. The topological polar surface area (TPSA) is 40.5 Å². The number of aliphatic hydroxyl groups excluding tert-OH is 1. The number of benzene rings is 1. The van der Waals surface area contributed by atoms with Crippen LogP contribution in [0.1, 0.15) is 5.56 Å². The molecule has 0 aliphatic heterocycles. The first-order valence-corrected chi connectivity index (χ1v) is 6.59. The second-order valence-electron chi connectivity index (χ2n) is 4.07. The first-order valence-electron chi connectivity index (χ1n) is 5.83. The largest absolute Gasteiger partial charge is 0.406 e. The molecule has 0 atom stereocenters. The van der Waals surface area contributed by atoms with Crippen LogP contribution in [0.15, 0.2) is 24.3 Å². The van der Waals surface area contributed by atoms with E-state index in [-0.39, 0.29) is 10.0 Å². The smallest absolute Gasteiger partial charge is 0.395 e. The molecule has 0 bridgehead atoms. The lowest BCUT2D eigenvalue weighted by Gasteiger charge is -2.21. The van der Waals surface area contributed by atoms with Crippen LogP contribution in [0.5, 0.6) is 0 Å². The maximum Gasteiger partial charge on any atom is 0.406 e. The summed E-state index contributed by atoms with van der Waals surface area (Å²) in [6, 6.07) is 4.68. The molecule has 0 radical (unpaired) electrons. The van der Waals surface area contributed by atoms with Gasteiger partial charge in [0.2, 0.25) is 5.91 Å². The molecular formula is C13H12Cl2F3NO2. The maximum atomic E-state index is 12.3. The Kier molecular flexibility index (Phi) is 6.51. The van der Waals surface area contributed by atoms with E-state index in [1.54, 1.807) is 18.2 Å². The summed E-state index contributed by atoms with van der Waals surface area (Å²) in [6.07, 6.45) is -2.36. The molecule has 1 rings (SSSR count). The quantitative estimate of drug-likeness (QED) is 0.834. The summed E-state index contributed by atoms with van der Waals surface area (Å²) in [7, 11) is 0. The molecule has 0 fully saturated rings. The number of alkyl halides is 3. The van der Waals surface area contributed by atoms with Gasteiger partial charge in [0.05, 0.1) is 6.61 Å². The lowest BCUT2D eigenvalue weighted by molar-refractivity contribution is -0.158. The van der Waals surface area contributed by atoms with Gasteiger partial charge in [-0.2, -0.15) is 13.2 Å². The number of halogens is 5. The lowest BCUT2D eigenvalue weighted by Crippen LogP contribution is -2.39. The van der Waals surface area contributed by atoms with Crippen LogP contribution in [-0.4, -0.2) is 41.8 Å². The molecule has 0 saturated carbocycles. The third-order valence-corrected chi connectivity index (χ3v) is 3.10. The molecule has 0 heterocycles. The van der Waals surface area contributed by atoms with Crippen molar-refractivity contribution < 1.29 is 23.1 Å². The number of amides is 1. The van der Waals surface area contributed by atoms with Gasteiger partial charge in [-0.3, -0.25) is 4.79 Å². The van der Waals surface area contributed by atoms with E-state index < -0.39 is 31.8 Å². The van der Waals surface area contributed by atoms with Crippen LogP contribution in [-0.2, 0) is 4.79 Å². The van der Waals surface area contributed by atoms with Crippen molar-refractivity contribution >= 4 is 35.2 Å². The van der Waals surface area contributed by atoms with Gasteiger partial charge in [-0.05, 0) is 18.2 Å². The first-order chi connectivity index (χ1) is 9.74. The SMILES string of the molecule is O=C(/C=C/c1c(Cl)cccc1Cl)N(CCO)CC(F)(F)F. The van der Waals surface area contributed by atoms with E-state index in [9.17, 15) is 18.0 Å². The Hall–Kier alpha value is -1.24. The highest BCUT2D eigenvalue weighted by Gasteiger charge is 2.32. The molecule has 0 aliphatic rings. The number of hydrogen-bond donors (Lipinski definition) is 1. The van der Waals surface area contributed by atoms with E-state index in [4.69, 9.17) is 28.3 Å². The van der Waals surface area contributed by atoms with Crippen molar-refractivity contribution in [2.24, 2.45) is 0 Å². The molecule has 0 aromatic heterocycles. The predicted octanol–water partition coefficient (Wildman–Crippen LogP) is 3.39. The monoisotopic (exact) mass is 341 g/mol. The number of rotatable bonds is 5. The highest BCUT2D eigenvalue weighted by Crippen LogP contribution is 2.25. The Balaban J connectivity index is 2.88. The molecule has 1 aromatic rings. The zero-order valence-electron chi connectivity index (χ0n) is 10.7. The zero-order valence-corrected chi connectivity index (χ0v) is 12.2. The van der Waals surface area contributed by atoms with Gasteiger partial charge in [-0.1, -0.05) is 29.3 Å². The molecular weight excluding hydrogens is 330 g/mol. The van der Waals surface area contributed by atoms with E-state index >= 15 is 0 Å².